The average molecular weight is 228 g/mol. The van der Waals surface area contributed by atoms with Gasteiger partial charge in [-0.1, -0.05) is 30.3 Å². The van der Waals surface area contributed by atoms with E-state index in [4.69, 9.17) is 4.42 Å². The van der Waals surface area contributed by atoms with Gasteiger partial charge in [-0.3, -0.25) is 0 Å². The second-order valence-corrected chi connectivity index (χ2v) is 3.54. The molecule has 0 aliphatic carbocycles. The molecule has 17 heavy (non-hydrogen) atoms. The predicted octanol–water partition coefficient (Wildman–Crippen LogP) is 2.30. The zero-order chi connectivity index (χ0) is 11.8. The zero-order valence-electron chi connectivity index (χ0n) is 8.66. The Morgan fingerprint density at radius 2 is 1.76 bits per heavy atom. The third-order valence-corrected chi connectivity index (χ3v) is 2.47. The highest BCUT2D eigenvalue weighted by Gasteiger charge is 2.15. The smallest absolute Gasteiger partial charge is 0.318 e. The summed E-state index contributed by atoms with van der Waals surface area (Å²) in [6.45, 7) is 0. The molecule has 0 radical (unpaired) electrons. The van der Waals surface area contributed by atoms with E-state index in [1.54, 1.807) is 0 Å². The average Bonchev–Trinajstić information content (AvgIpc) is 2.74. The maximum atomic E-state index is 9.51. The van der Waals surface area contributed by atoms with Gasteiger partial charge in [-0.2, -0.15) is 9.97 Å². The molecule has 84 valence electrons. The third kappa shape index (κ3) is 1.48. The van der Waals surface area contributed by atoms with Gasteiger partial charge >= 0.3 is 6.01 Å². The van der Waals surface area contributed by atoms with E-state index in [1.165, 1.54) is 6.26 Å². The molecule has 2 heterocycles. The first-order valence-electron chi connectivity index (χ1n) is 4.98. The maximum Gasteiger partial charge on any atom is 0.318 e. The van der Waals surface area contributed by atoms with Crippen LogP contribution in [0.25, 0.3) is 22.2 Å². The molecule has 0 aliphatic rings. The van der Waals surface area contributed by atoms with Crippen molar-refractivity contribution in [3.05, 3.63) is 36.6 Å². The molecule has 0 atom stereocenters. The summed E-state index contributed by atoms with van der Waals surface area (Å²) in [6.07, 6.45) is 1.48. The van der Waals surface area contributed by atoms with E-state index in [0.717, 1.165) is 5.56 Å². The highest BCUT2D eigenvalue weighted by molar-refractivity contribution is 5.92. The van der Waals surface area contributed by atoms with Crippen LogP contribution in [0.5, 0.6) is 11.9 Å². The van der Waals surface area contributed by atoms with Gasteiger partial charge in [0.2, 0.25) is 5.58 Å². The first kappa shape index (κ1) is 9.65. The molecule has 0 bridgehead atoms. The molecule has 2 aromatic heterocycles. The van der Waals surface area contributed by atoms with Crippen molar-refractivity contribution in [3.63, 3.8) is 0 Å². The second-order valence-electron chi connectivity index (χ2n) is 3.54. The Labute approximate surface area is 96.0 Å². The molecule has 5 heteroatoms. The van der Waals surface area contributed by atoms with Crippen LogP contribution in [0.3, 0.4) is 0 Å². The van der Waals surface area contributed by atoms with Crippen LogP contribution in [0.4, 0.5) is 0 Å². The van der Waals surface area contributed by atoms with E-state index in [1.807, 2.05) is 30.3 Å². The van der Waals surface area contributed by atoms with Gasteiger partial charge in [-0.25, -0.2) is 0 Å². The number of aromatic nitrogens is 2. The fourth-order valence-corrected chi connectivity index (χ4v) is 1.71. The predicted molar refractivity (Wildman–Crippen MR) is 60.6 cm³/mol. The van der Waals surface area contributed by atoms with Gasteiger partial charge in [0.05, 0.1) is 0 Å². The number of rotatable bonds is 1. The molecular formula is C12H8N2O3. The van der Waals surface area contributed by atoms with E-state index >= 15 is 0 Å². The molecule has 0 amide bonds. The van der Waals surface area contributed by atoms with Crippen LogP contribution < -0.4 is 0 Å². The summed E-state index contributed by atoms with van der Waals surface area (Å²) >= 11 is 0. The highest BCUT2D eigenvalue weighted by atomic mass is 16.4. The van der Waals surface area contributed by atoms with Gasteiger partial charge in [0.1, 0.15) is 11.8 Å². The van der Waals surface area contributed by atoms with Gasteiger partial charge < -0.3 is 14.6 Å². The molecule has 0 saturated carbocycles. The van der Waals surface area contributed by atoms with Crippen molar-refractivity contribution in [1.29, 1.82) is 0 Å². The fourth-order valence-electron chi connectivity index (χ4n) is 1.71. The van der Waals surface area contributed by atoms with Crippen molar-refractivity contribution in [2.24, 2.45) is 0 Å². The number of hydrogen-bond donors (Lipinski definition) is 2. The monoisotopic (exact) mass is 228 g/mol. The van der Waals surface area contributed by atoms with E-state index in [2.05, 4.69) is 9.97 Å². The molecule has 2 N–H and O–H groups in total. The summed E-state index contributed by atoms with van der Waals surface area (Å²) in [4.78, 5) is 7.28. The SMILES string of the molecule is Oc1nc(O)c2occ(-c3ccccc3)c2n1. The lowest BCUT2D eigenvalue weighted by Crippen LogP contribution is -1.83. The van der Waals surface area contributed by atoms with E-state index in [-0.39, 0.29) is 11.5 Å². The first-order valence-corrected chi connectivity index (χ1v) is 4.98. The fraction of sp³-hybridized carbons (Fsp3) is 0. The summed E-state index contributed by atoms with van der Waals surface area (Å²) in [5.41, 5.74) is 2.15. The van der Waals surface area contributed by atoms with Gasteiger partial charge in [-0.15, -0.1) is 0 Å². The highest BCUT2D eigenvalue weighted by Crippen LogP contribution is 2.33. The minimum absolute atomic E-state index is 0.168. The minimum Gasteiger partial charge on any atom is -0.490 e. The van der Waals surface area contributed by atoms with Crippen molar-refractivity contribution in [3.8, 4) is 23.0 Å². The van der Waals surface area contributed by atoms with Crippen LogP contribution in [0.2, 0.25) is 0 Å². The molecule has 1 aromatic carbocycles. The summed E-state index contributed by atoms with van der Waals surface area (Å²) in [7, 11) is 0. The van der Waals surface area contributed by atoms with Gasteiger partial charge in [0.25, 0.3) is 5.88 Å². The van der Waals surface area contributed by atoms with Crippen molar-refractivity contribution < 1.29 is 14.6 Å². The largest absolute Gasteiger partial charge is 0.490 e. The van der Waals surface area contributed by atoms with Crippen molar-refractivity contribution in [2.45, 2.75) is 0 Å². The number of nitrogens with zero attached hydrogens (tertiary/aromatic N) is 2. The van der Waals surface area contributed by atoms with Gasteiger partial charge in [-0.05, 0) is 5.56 Å². The summed E-state index contributed by atoms with van der Waals surface area (Å²) in [6, 6.07) is 8.97. The van der Waals surface area contributed by atoms with Crippen LogP contribution in [0.15, 0.2) is 41.0 Å². The zero-order valence-corrected chi connectivity index (χ0v) is 8.66. The topological polar surface area (TPSA) is 79.4 Å². The molecule has 0 fully saturated rings. The quantitative estimate of drug-likeness (QED) is 0.668. The number of fused-ring (bicyclic) bond motifs is 1. The molecule has 3 aromatic rings. The molecule has 0 aliphatic heterocycles. The molecule has 0 saturated heterocycles. The number of hydrogen-bond acceptors (Lipinski definition) is 5. The van der Waals surface area contributed by atoms with E-state index < -0.39 is 6.01 Å². The van der Waals surface area contributed by atoms with Crippen LogP contribution in [-0.2, 0) is 0 Å². The normalized spacial score (nSPS) is 10.8. The Balaban J connectivity index is 2.32. The van der Waals surface area contributed by atoms with E-state index in [9.17, 15) is 10.2 Å². The summed E-state index contributed by atoms with van der Waals surface area (Å²) in [5.74, 6) is -0.366. The number of aromatic hydroxyl groups is 2. The lowest BCUT2D eigenvalue weighted by atomic mass is 10.1. The van der Waals surface area contributed by atoms with Gasteiger partial charge in [0, 0.05) is 5.56 Å². The Morgan fingerprint density at radius 3 is 2.53 bits per heavy atom. The van der Waals surface area contributed by atoms with Crippen LogP contribution >= 0.6 is 0 Å². The Hall–Kier alpha value is -2.56. The van der Waals surface area contributed by atoms with Crippen molar-refractivity contribution in [2.75, 3.05) is 0 Å². The molecule has 0 unspecified atom stereocenters. The number of benzene rings is 1. The Kier molecular flexibility index (Phi) is 1.98. The molecule has 3 rings (SSSR count). The van der Waals surface area contributed by atoms with Gasteiger partial charge in [0.15, 0.2) is 0 Å². The Morgan fingerprint density at radius 1 is 1.00 bits per heavy atom. The molecule has 5 nitrogen and oxygen atoms in total. The summed E-state index contributed by atoms with van der Waals surface area (Å²) in [5, 5.41) is 18.8. The van der Waals surface area contributed by atoms with Crippen molar-refractivity contribution in [1.82, 2.24) is 9.97 Å². The van der Waals surface area contributed by atoms with Crippen LogP contribution in [0.1, 0.15) is 0 Å². The lowest BCUT2D eigenvalue weighted by molar-refractivity contribution is 0.397. The molecular weight excluding hydrogens is 220 g/mol. The minimum atomic E-state index is -0.478. The van der Waals surface area contributed by atoms with Crippen molar-refractivity contribution >= 4 is 11.1 Å². The first-order chi connectivity index (χ1) is 8.25. The maximum absolute atomic E-state index is 9.51. The molecule has 0 spiro atoms. The second kappa shape index (κ2) is 3.48. The Bertz CT molecular complexity index is 677. The van der Waals surface area contributed by atoms with E-state index in [0.29, 0.717) is 11.1 Å². The lowest BCUT2D eigenvalue weighted by Gasteiger charge is -1.97. The van der Waals surface area contributed by atoms with Crippen LogP contribution in [-0.4, -0.2) is 20.2 Å². The van der Waals surface area contributed by atoms with Crippen LogP contribution in [0, 0.1) is 0 Å². The third-order valence-electron chi connectivity index (χ3n) is 2.47. The number of furan rings is 1. The standard InChI is InChI=1S/C12H8N2O3/c15-11-10-9(13-12(16)14-11)8(6-17-10)7-4-2-1-3-5-7/h1-6H,(H2,13,14,15,16). The summed E-state index contributed by atoms with van der Waals surface area (Å²) < 4.78 is 5.20.